The van der Waals surface area contributed by atoms with Crippen LogP contribution in [0.3, 0.4) is 0 Å². The van der Waals surface area contributed by atoms with Crippen LogP contribution < -0.4 is 18.9 Å². The molecule has 3 rings (SSSR count). The van der Waals surface area contributed by atoms with Crippen LogP contribution in [0.5, 0.6) is 23.0 Å². The molecule has 0 atom stereocenters. The van der Waals surface area contributed by atoms with Crippen molar-refractivity contribution >= 4 is 11.9 Å². The normalized spacial score (nSPS) is 14.4. The Bertz CT molecular complexity index is 829. The predicted octanol–water partition coefficient (Wildman–Crippen LogP) is 3.54. The number of allylic oxidation sites excluding steroid dienone is 1. The van der Waals surface area contributed by atoms with Gasteiger partial charge < -0.3 is 18.9 Å². The lowest BCUT2D eigenvalue weighted by atomic mass is 10.1. The van der Waals surface area contributed by atoms with Crippen molar-refractivity contribution in [2.24, 2.45) is 0 Å². The minimum Gasteiger partial charge on any atom is -0.497 e. The van der Waals surface area contributed by atoms with Gasteiger partial charge in [-0.2, -0.15) is 0 Å². The second-order valence-corrected chi connectivity index (χ2v) is 5.69. The summed E-state index contributed by atoms with van der Waals surface area (Å²) in [5.74, 6) is 2.53. The van der Waals surface area contributed by atoms with Crippen molar-refractivity contribution in [3.05, 3.63) is 52.6 Å². The van der Waals surface area contributed by atoms with Crippen LogP contribution in [-0.4, -0.2) is 34.2 Å². The molecule has 0 aliphatic heterocycles. The highest BCUT2D eigenvalue weighted by Crippen LogP contribution is 2.37. The number of hydrogen-bond acceptors (Lipinski definition) is 5. The lowest BCUT2D eigenvalue weighted by Gasteiger charge is -2.08. The summed E-state index contributed by atoms with van der Waals surface area (Å²) in [5.41, 5.74) is 3.15. The Hall–Kier alpha value is -2.95. The summed E-state index contributed by atoms with van der Waals surface area (Å²) < 4.78 is 21.2. The standard InChI is InChI=1S/C20H20O5/c1-22-15-6-12(7-16(10-15)23-2)5-14-8-13-9-18(24-3)19(25-4)11-17(13)20(14)21/h5-7,9-11H,8H2,1-4H3/b14-5+. The van der Waals surface area contributed by atoms with Gasteiger partial charge in [-0.15, -0.1) is 0 Å². The average molecular weight is 340 g/mol. The van der Waals surface area contributed by atoms with Gasteiger partial charge in [-0.1, -0.05) is 0 Å². The number of carbonyl (C=O) groups is 1. The molecule has 0 saturated carbocycles. The smallest absolute Gasteiger partial charge is 0.189 e. The third-order valence-corrected chi connectivity index (χ3v) is 4.24. The summed E-state index contributed by atoms with van der Waals surface area (Å²) in [6.07, 6.45) is 2.42. The van der Waals surface area contributed by atoms with Crippen molar-refractivity contribution in [1.82, 2.24) is 0 Å². The van der Waals surface area contributed by atoms with Crippen LogP contribution >= 0.6 is 0 Å². The number of rotatable bonds is 5. The zero-order valence-electron chi connectivity index (χ0n) is 14.7. The first kappa shape index (κ1) is 16.9. The van der Waals surface area contributed by atoms with Gasteiger partial charge in [0.2, 0.25) is 0 Å². The minimum absolute atomic E-state index is 0.00209. The number of benzene rings is 2. The Morgan fingerprint density at radius 2 is 1.40 bits per heavy atom. The second kappa shape index (κ2) is 6.89. The lowest BCUT2D eigenvalue weighted by molar-refractivity contribution is 0.104. The maximum absolute atomic E-state index is 12.8. The minimum atomic E-state index is -0.00209. The van der Waals surface area contributed by atoms with Crippen molar-refractivity contribution in [3.63, 3.8) is 0 Å². The number of fused-ring (bicyclic) bond motifs is 1. The molecular weight excluding hydrogens is 320 g/mol. The maximum atomic E-state index is 12.8. The molecule has 0 heterocycles. The molecular formula is C20H20O5. The molecule has 5 nitrogen and oxygen atoms in total. The van der Waals surface area contributed by atoms with E-state index in [0.29, 0.717) is 40.6 Å². The van der Waals surface area contributed by atoms with Gasteiger partial charge in [-0.3, -0.25) is 4.79 Å². The van der Waals surface area contributed by atoms with Crippen LogP contribution in [0, 0.1) is 0 Å². The van der Waals surface area contributed by atoms with Crippen LogP contribution in [0.15, 0.2) is 35.9 Å². The van der Waals surface area contributed by atoms with Gasteiger partial charge in [0.15, 0.2) is 17.3 Å². The number of carbonyl (C=O) groups excluding carboxylic acids is 1. The van der Waals surface area contributed by atoms with E-state index >= 15 is 0 Å². The average Bonchev–Trinajstić information content (AvgIpc) is 2.94. The van der Waals surface area contributed by atoms with E-state index in [0.717, 1.165) is 11.1 Å². The van der Waals surface area contributed by atoms with Gasteiger partial charge in [0.05, 0.1) is 28.4 Å². The molecule has 0 unspecified atom stereocenters. The molecule has 1 aliphatic carbocycles. The number of ketones is 1. The predicted molar refractivity (Wildman–Crippen MR) is 95.1 cm³/mol. The Balaban J connectivity index is 2.00. The highest BCUT2D eigenvalue weighted by molar-refractivity contribution is 6.16. The van der Waals surface area contributed by atoms with E-state index in [-0.39, 0.29) is 5.78 Å². The van der Waals surface area contributed by atoms with Crippen molar-refractivity contribution in [2.75, 3.05) is 28.4 Å². The molecule has 1 aliphatic rings. The summed E-state index contributed by atoms with van der Waals surface area (Å²) >= 11 is 0. The molecule has 25 heavy (non-hydrogen) atoms. The van der Waals surface area contributed by atoms with E-state index in [2.05, 4.69) is 0 Å². The Morgan fingerprint density at radius 1 is 0.800 bits per heavy atom. The van der Waals surface area contributed by atoms with E-state index in [9.17, 15) is 4.79 Å². The summed E-state index contributed by atoms with van der Waals surface area (Å²) in [6.45, 7) is 0. The van der Waals surface area contributed by atoms with Gasteiger partial charge in [-0.25, -0.2) is 0 Å². The molecule has 2 aromatic carbocycles. The van der Waals surface area contributed by atoms with E-state index in [1.807, 2.05) is 24.3 Å². The Kier molecular flexibility index (Phi) is 4.65. The molecule has 0 N–H and O–H groups in total. The zero-order valence-corrected chi connectivity index (χ0v) is 14.7. The van der Waals surface area contributed by atoms with E-state index < -0.39 is 0 Å². The molecule has 5 heteroatoms. The number of hydrogen-bond donors (Lipinski definition) is 0. The monoisotopic (exact) mass is 340 g/mol. The third-order valence-electron chi connectivity index (χ3n) is 4.24. The summed E-state index contributed by atoms with van der Waals surface area (Å²) in [7, 11) is 6.34. The summed E-state index contributed by atoms with van der Waals surface area (Å²) in [4.78, 5) is 12.8. The quantitative estimate of drug-likeness (QED) is 0.779. The van der Waals surface area contributed by atoms with Crippen molar-refractivity contribution in [2.45, 2.75) is 6.42 Å². The molecule has 0 fully saturated rings. The van der Waals surface area contributed by atoms with Crippen LogP contribution in [0.2, 0.25) is 0 Å². The molecule has 0 spiro atoms. The molecule has 0 aromatic heterocycles. The first-order chi connectivity index (χ1) is 12.1. The molecule has 0 bridgehead atoms. The number of methoxy groups -OCH3 is 4. The van der Waals surface area contributed by atoms with Gasteiger partial charge >= 0.3 is 0 Å². The molecule has 0 radical (unpaired) electrons. The van der Waals surface area contributed by atoms with E-state index in [1.54, 1.807) is 40.6 Å². The molecule has 0 amide bonds. The van der Waals surface area contributed by atoms with Crippen molar-refractivity contribution < 1.29 is 23.7 Å². The number of Topliss-reactive ketones (excluding diaryl/α,β-unsaturated/α-hetero) is 1. The Labute approximate surface area is 146 Å². The topological polar surface area (TPSA) is 54.0 Å². The zero-order chi connectivity index (χ0) is 18.0. The molecule has 2 aromatic rings. The third kappa shape index (κ3) is 3.18. The van der Waals surface area contributed by atoms with Gasteiger partial charge in [0, 0.05) is 23.6 Å². The van der Waals surface area contributed by atoms with Crippen LogP contribution in [0.4, 0.5) is 0 Å². The van der Waals surface area contributed by atoms with Gasteiger partial charge in [-0.05, 0) is 41.5 Å². The van der Waals surface area contributed by atoms with E-state index in [1.165, 1.54) is 0 Å². The first-order valence-electron chi connectivity index (χ1n) is 7.82. The summed E-state index contributed by atoms with van der Waals surface area (Å²) in [6, 6.07) is 9.13. The summed E-state index contributed by atoms with van der Waals surface area (Å²) in [5, 5.41) is 0. The Morgan fingerprint density at radius 3 is 1.96 bits per heavy atom. The van der Waals surface area contributed by atoms with Gasteiger partial charge in [0.1, 0.15) is 11.5 Å². The maximum Gasteiger partial charge on any atom is 0.189 e. The van der Waals surface area contributed by atoms with Gasteiger partial charge in [0.25, 0.3) is 0 Å². The fourth-order valence-electron chi connectivity index (χ4n) is 2.97. The van der Waals surface area contributed by atoms with Crippen LogP contribution in [0.25, 0.3) is 6.08 Å². The SMILES string of the molecule is COc1cc(/C=C2\Cc3cc(OC)c(OC)cc3C2=O)cc(OC)c1. The largest absolute Gasteiger partial charge is 0.497 e. The van der Waals surface area contributed by atoms with Crippen molar-refractivity contribution in [3.8, 4) is 23.0 Å². The highest BCUT2D eigenvalue weighted by atomic mass is 16.5. The highest BCUT2D eigenvalue weighted by Gasteiger charge is 2.27. The first-order valence-corrected chi connectivity index (χ1v) is 7.82. The lowest BCUT2D eigenvalue weighted by Crippen LogP contribution is -1.97. The fourth-order valence-corrected chi connectivity index (χ4v) is 2.97. The van der Waals surface area contributed by atoms with Crippen LogP contribution in [-0.2, 0) is 6.42 Å². The fraction of sp³-hybridized carbons (Fsp3) is 0.250. The van der Waals surface area contributed by atoms with E-state index in [4.69, 9.17) is 18.9 Å². The molecule has 0 saturated heterocycles. The van der Waals surface area contributed by atoms with Crippen molar-refractivity contribution in [1.29, 1.82) is 0 Å². The number of ether oxygens (including phenoxy) is 4. The molecule has 130 valence electrons. The second-order valence-electron chi connectivity index (χ2n) is 5.69. The van der Waals surface area contributed by atoms with Crippen LogP contribution in [0.1, 0.15) is 21.5 Å².